The van der Waals surface area contributed by atoms with Gasteiger partial charge in [-0.3, -0.25) is 4.79 Å². The van der Waals surface area contributed by atoms with Gasteiger partial charge in [-0.05, 0) is 6.42 Å². The van der Waals surface area contributed by atoms with Crippen LogP contribution in [-0.2, 0) is 0 Å². The Morgan fingerprint density at radius 2 is 2.19 bits per heavy atom. The zero-order valence-electron chi connectivity index (χ0n) is 9.53. The summed E-state index contributed by atoms with van der Waals surface area (Å²) < 4.78 is 10.4. The maximum absolute atomic E-state index is 10.8. The molecule has 0 bridgehead atoms. The minimum Gasteiger partial charge on any atom is -0.507 e. The smallest absolute Gasteiger partial charge is 0.157 e. The molecule has 1 rings (SSSR count). The van der Waals surface area contributed by atoms with Crippen molar-refractivity contribution >= 4 is 6.29 Å². The lowest BCUT2D eigenvalue weighted by atomic mass is 10.2. The molecule has 0 aliphatic heterocycles. The highest BCUT2D eigenvalue weighted by molar-refractivity contribution is 5.84. The van der Waals surface area contributed by atoms with Gasteiger partial charge in [-0.1, -0.05) is 13.3 Å². The van der Waals surface area contributed by atoms with Gasteiger partial charge in [0, 0.05) is 12.1 Å². The van der Waals surface area contributed by atoms with Crippen molar-refractivity contribution in [3.05, 3.63) is 17.7 Å². The fourth-order valence-corrected chi connectivity index (χ4v) is 1.27. The maximum Gasteiger partial charge on any atom is 0.157 e. The molecule has 0 saturated carbocycles. The minimum absolute atomic E-state index is 0.124. The first kappa shape index (κ1) is 12.4. The first-order valence-corrected chi connectivity index (χ1v) is 5.21. The van der Waals surface area contributed by atoms with Crippen LogP contribution >= 0.6 is 0 Å². The Morgan fingerprint density at radius 3 is 2.75 bits per heavy atom. The third-order valence-corrected chi connectivity index (χ3v) is 2.20. The normalized spacial score (nSPS) is 9.88. The number of ether oxygens (including phenoxy) is 2. The number of aromatic hydroxyl groups is 1. The maximum atomic E-state index is 10.8. The van der Waals surface area contributed by atoms with Crippen LogP contribution in [0.15, 0.2) is 12.1 Å². The van der Waals surface area contributed by atoms with Crippen LogP contribution in [0.5, 0.6) is 17.2 Å². The minimum atomic E-state index is -0.124. The topological polar surface area (TPSA) is 55.8 Å². The van der Waals surface area contributed by atoms with E-state index in [2.05, 4.69) is 0 Å². The molecule has 1 aromatic rings. The van der Waals surface area contributed by atoms with Crippen molar-refractivity contribution < 1.29 is 19.4 Å². The molecule has 0 radical (unpaired) electrons. The highest BCUT2D eigenvalue weighted by Crippen LogP contribution is 2.32. The van der Waals surface area contributed by atoms with Crippen molar-refractivity contribution in [3.63, 3.8) is 0 Å². The van der Waals surface area contributed by atoms with E-state index in [4.69, 9.17) is 9.47 Å². The molecule has 0 saturated heterocycles. The average molecular weight is 224 g/mol. The van der Waals surface area contributed by atoms with Crippen LogP contribution in [0.3, 0.4) is 0 Å². The molecule has 4 heteroatoms. The molecule has 0 aliphatic carbocycles. The van der Waals surface area contributed by atoms with Crippen molar-refractivity contribution in [2.24, 2.45) is 0 Å². The van der Waals surface area contributed by atoms with Gasteiger partial charge in [0.1, 0.15) is 17.2 Å². The SMILES string of the molecule is CCCCOc1cc(OC)cc(O)c1C=O. The molecule has 0 heterocycles. The number of unbranched alkanes of at least 4 members (excludes halogenated alkanes) is 1. The molecule has 0 aromatic heterocycles. The molecule has 1 N–H and O–H groups in total. The summed E-state index contributed by atoms with van der Waals surface area (Å²) in [5, 5.41) is 9.57. The number of phenols is 1. The Hall–Kier alpha value is -1.71. The van der Waals surface area contributed by atoms with Crippen molar-refractivity contribution in [1.29, 1.82) is 0 Å². The quantitative estimate of drug-likeness (QED) is 0.595. The van der Waals surface area contributed by atoms with Crippen molar-refractivity contribution in [3.8, 4) is 17.2 Å². The van der Waals surface area contributed by atoms with E-state index in [0.717, 1.165) is 12.8 Å². The van der Waals surface area contributed by atoms with Crippen molar-refractivity contribution in [2.45, 2.75) is 19.8 Å². The average Bonchev–Trinajstić information content (AvgIpc) is 2.29. The van der Waals surface area contributed by atoms with E-state index in [9.17, 15) is 9.90 Å². The number of methoxy groups -OCH3 is 1. The number of hydrogen-bond donors (Lipinski definition) is 1. The van der Waals surface area contributed by atoms with E-state index in [0.29, 0.717) is 24.4 Å². The molecule has 1 aromatic carbocycles. The second-order valence-corrected chi connectivity index (χ2v) is 3.38. The third kappa shape index (κ3) is 2.89. The second-order valence-electron chi connectivity index (χ2n) is 3.38. The summed E-state index contributed by atoms with van der Waals surface area (Å²) >= 11 is 0. The zero-order chi connectivity index (χ0) is 12.0. The van der Waals surface area contributed by atoms with Gasteiger partial charge in [0.15, 0.2) is 6.29 Å². The molecule has 0 atom stereocenters. The fourth-order valence-electron chi connectivity index (χ4n) is 1.27. The van der Waals surface area contributed by atoms with Gasteiger partial charge in [-0.2, -0.15) is 0 Å². The van der Waals surface area contributed by atoms with Gasteiger partial charge in [0.2, 0.25) is 0 Å². The number of rotatable bonds is 6. The van der Waals surface area contributed by atoms with Gasteiger partial charge in [0.05, 0.1) is 19.3 Å². The number of carbonyl (C=O) groups excluding carboxylic acids is 1. The van der Waals surface area contributed by atoms with Crippen molar-refractivity contribution in [2.75, 3.05) is 13.7 Å². The molecule has 16 heavy (non-hydrogen) atoms. The molecular formula is C12H16O4. The Morgan fingerprint density at radius 1 is 1.44 bits per heavy atom. The summed E-state index contributed by atoms with van der Waals surface area (Å²) in [6, 6.07) is 2.98. The summed E-state index contributed by atoms with van der Waals surface area (Å²) in [5.74, 6) is 0.704. The van der Waals surface area contributed by atoms with Gasteiger partial charge >= 0.3 is 0 Å². The molecule has 0 aliphatic rings. The Balaban J connectivity index is 2.93. The van der Waals surface area contributed by atoms with E-state index >= 15 is 0 Å². The van der Waals surface area contributed by atoms with Crippen LogP contribution in [0, 0.1) is 0 Å². The zero-order valence-corrected chi connectivity index (χ0v) is 9.53. The summed E-state index contributed by atoms with van der Waals surface area (Å²) in [6.45, 7) is 2.57. The highest BCUT2D eigenvalue weighted by Gasteiger charge is 2.11. The lowest BCUT2D eigenvalue weighted by Crippen LogP contribution is -2.00. The standard InChI is InChI=1S/C12H16O4/c1-3-4-5-16-12-7-9(15-2)6-11(14)10(12)8-13/h6-8,14H,3-5H2,1-2H3. The first-order valence-electron chi connectivity index (χ1n) is 5.21. The summed E-state index contributed by atoms with van der Waals surface area (Å²) in [5.41, 5.74) is 0.164. The second kappa shape index (κ2) is 6.00. The van der Waals surface area contributed by atoms with Gasteiger partial charge in [-0.25, -0.2) is 0 Å². The van der Waals surface area contributed by atoms with E-state index in [1.165, 1.54) is 13.2 Å². The lowest BCUT2D eigenvalue weighted by Gasteiger charge is -2.11. The van der Waals surface area contributed by atoms with Crippen LogP contribution in [-0.4, -0.2) is 25.1 Å². The van der Waals surface area contributed by atoms with Crippen LogP contribution < -0.4 is 9.47 Å². The van der Waals surface area contributed by atoms with Crippen LogP contribution in [0.4, 0.5) is 0 Å². The van der Waals surface area contributed by atoms with Gasteiger partial charge in [-0.15, -0.1) is 0 Å². The molecule has 0 unspecified atom stereocenters. The largest absolute Gasteiger partial charge is 0.507 e. The Kier molecular flexibility index (Phi) is 4.64. The van der Waals surface area contributed by atoms with E-state index < -0.39 is 0 Å². The summed E-state index contributed by atoms with van der Waals surface area (Å²) in [7, 11) is 1.49. The lowest BCUT2D eigenvalue weighted by molar-refractivity contribution is 0.111. The number of phenolic OH excluding ortho intramolecular Hbond substituents is 1. The first-order chi connectivity index (χ1) is 7.72. The summed E-state index contributed by atoms with van der Waals surface area (Å²) in [4.78, 5) is 10.8. The van der Waals surface area contributed by atoms with Crippen LogP contribution in [0.1, 0.15) is 30.1 Å². The van der Waals surface area contributed by atoms with Gasteiger partial charge in [0.25, 0.3) is 0 Å². The van der Waals surface area contributed by atoms with Crippen LogP contribution in [0.2, 0.25) is 0 Å². The monoisotopic (exact) mass is 224 g/mol. The predicted octanol–water partition coefficient (Wildman–Crippen LogP) is 2.39. The number of benzene rings is 1. The molecule has 0 spiro atoms. The van der Waals surface area contributed by atoms with Gasteiger partial charge < -0.3 is 14.6 Å². The third-order valence-electron chi connectivity index (χ3n) is 2.20. The molecular weight excluding hydrogens is 208 g/mol. The number of hydrogen-bond acceptors (Lipinski definition) is 4. The number of carbonyl (C=O) groups is 1. The van der Waals surface area contributed by atoms with E-state index in [-0.39, 0.29) is 11.3 Å². The summed E-state index contributed by atoms with van der Waals surface area (Å²) in [6.07, 6.45) is 2.48. The van der Waals surface area contributed by atoms with E-state index in [1.807, 2.05) is 6.92 Å². The van der Waals surface area contributed by atoms with Crippen LogP contribution in [0.25, 0.3) is 0 Å². The Labute approximate surface area is 94.8 Å². The fraction of sp³-hybridized carbons (Fsp3) is 0.417. The molecule has 0 amide bonds. The van der Waals surface area contributed by atoms with Crippen molar-refractivity contribution in [1.82, 2.24) is 0 Å². The predicted molar refractivity (Wildman–Crippen MR) is 60.4 cm³/mol. The Bertz CT molecular complexity index is 360. The molecule has 88 valence electrons. The number of aldehydes is 1. The molecule has 4 nitrogen and oxygen atoms in total. The molecule has 0 fully saturated rings. The van der Waals surface area contributed by atoms with E-state index in [1.54, 1.807) is 6.07 Å². The highest BCUT2D eigenvalue weighted by atomic mass is 16.5.